The Bertz CT molecular complexity index is 208. The van der Waals surface area contributed by atoms with Gasteiger partial charge in [0, 0.05) is 20.2 Å². The smallest absolute Gasteiger partial charge is 0.153 e. The third kappa shape index (κ3) is 2.85. The summed E-state index contributed by atoms with van der Waals surface area (Å²) in [6.45, 7) is 5.49. The van der Waals surface area contributed by atoms with Crippen LogP contribution in [0, 0.1) is 11.8 Å². The lowest BCUT2D eigenvalue weighted by Crippen LogP contribution is -2.32. The Morgan fingerprint density at radius 1 is 1.64 bits per heavy atom. The molecular weight excluding hydrogens is 182 g/mol. The third-order valence-electron chi connectivity index (χ3n) is 2.74. The van der Waals surface area contributed by atoms with Crippen LogP contribution in [0.1, 0.15) is 6.92 Å². The average molecular weight is 201 g/mol. The first-order chi connectivity index (χ1) is 6.67. The zero-order chi connectivity index (χ0) is 10.6. The SMILES string of the molecule is COC[C@@H]1CN(CC(N)=NO)C[C@@H]1C. The Labute approximate surface area is 84.5 Å². The van der Waals surface area contributed by atoms with Crippen LogP contribution in [-0.2, 0) is 4.74 Å². The summed E-state index contributed by atoms with van der Waals surface area (Å²) >= 11 is 0. The minimum absolute atomic E-state index is 0.273. The van der Waals surface area contributed by atoms with Gasteiger partial charge in [0.2, 0.25) is 0 Å². The molecule has 1 fully saturated rings. The standard InChI is InChI=1S/C9H19N3O2/c1-7-3-12(5-9(10)11-13)4-8(7)6-14-2/h7-8,13H,3-6H2,1-2H3,(H2,10,11)/t7-,8-/m0/s1. The molecule has 1 aliphatic heterocycles. The fraction of sp³-hybridized carbons (Fsp3) is 0.889. The maximum absolute atomic E-state index is 8.44. The van der Waals surface area contributed by atoms with Gasteiger partial charge in [0.05, 0.1) is 13.2 Å². The van der Waals surface area contributed by atoms with Gasteiger partial charge in [-0.1, -0.05) is 12.1 Å². The molecule has 1 saturated heterocycles. The Hall–Kier alpha value is -0.810. The van der Waals surface area contributed by atoms with Crippen molar-refractivity contribution < 1.29 is 9.94 Å². The fourth-order valence-corrected chi connectivity index (χ4v) is 1.96. The summed E-state index contributed by atoms with van der Waals surface area (Å²) in [5.74, 6) is 1.45. The lowest BCUT2D eigenvalue weighted by atomic mass is 10.00. The summed E-state index contributed by atoms with van der Waals surface area (Å²) < 4.78 is 5.14. The van der Waals surface area contributed by atoms with E-state index in [0.717, 1.165) is 19.7 Å². The highest BCUT2D eigenvalue weighted by Crippen LogP contribution is 2.22. The molecule has 3 N–H and O–H groups in total. The van der Waals surface area contributed by atoms with Gasteiger partial charge in [0.15, 0.2) is 5.84 Å². The number of rotatable bonds is 4. The van der Waals surface area contributed by atoms with Crippen LogP contribution >= 0.6 is 0 Å². The van der Waals surface area contributed by atoms with Gasteiger partial charge in [-0.2, -0.15) is 0 Å². The normalized spacial score (nSPS) is 29.7. The molecule has 14 heavy (non-hydrogen) atoms. The van der Waals surface area contributed by atoms with Crippen LogP contribution in [0.2, 0.25) is 0 Å². The van der Waals surface area contributed by atoms with Crippen LogP contribution < -0.4 is 5.73 Å². The van der Waals surface area contributed by atoms with Gasteiger partial charge in [0.1, 0.15) is 0 Å². The number of nitrogens with two attached hydrogens (primary N) is 1. The number of hydrogen-bond donors (Lipinski definition) is 2. The molecule has 0 aromatic rings. The van der Waals surface area contributed by atoms with Crippen molar-refractivity contribution in [1.29, 1.82) is 0 Å². The number of methoxy groups -OCH3 is 1. The molecular formula is C9H19N3O2. The molecule has 1 aliphatic rings. The van der Waals surface area contributed by atoms with E-state index < -0.39 is 0 Å². The Balaban J connectivity index is 2.38. The number of nitrogens with zero attached hydrogens (tertiary/aromatic N) is 2. The van der Waals surface area contributed by atoms with E-state index in [-0.39, 0.29) is 5.84 Å². The largest absolute Gasteiger partial charge is 0.409 e. The van der Waals surface area contributed by atoms with Gasteiger partial charge in [-0.25, -0.2) is 0 Å². The highest BCUT2D eigenvalue weighted by Gasteiger charge is 2.29. The van der Waals surface area contributed by atoms with Crippen molar-refractivity contribution in [1.82, 2.24) is 4.90 Å². The second-order valence-corrected chi connectivity index (χ2v) is 3.98. The van der Waals surface area contributed by atoms with Gasteiger partial charge < -0.3 is 15.7 Å². The molecule has 0 amide bonds. The monoisotopic (exact) mass is 201 g/mol. The highest BCUT2D eigenvalue weighted by molar-refractivity contribution is 5.81. The second kappa shape index (κ2) is 5.17. The summed E-state index contributed by atoms with van der Waals surface area (Å²) in [5, 5.41) is 11.4. The molecule has 82 valence electrons. The molecule has 0 aliphatic carbocycles. The first-order valence-corrected chi connectivity index (χ1v) is 4.85. The van der Waals surface area contributed by atoms with Gasteiger partial charge in [-0.15, -0.1) is 0 Å². The van der Waals surface area contributed by atoms with E-state index >= 15 is 0 Å². The molecule has 0 radical (unpaired) electrons. The zero-order valence-electron chi connectivity index (χ0n) is 8.81. The summed E-state index contributed by atoms with van der Waals surface area (Å²) in [4.78, 5) is 2.18. The van der Waals surface area contributed by atoms with Gasteiger partial charge in [0.25, 0.3) is 0 Å². The third-order valence-corrected chi connectivity index (χ3v) is 2.74. The quantitative estimate of drug-likeness (QED) is 0.289. The van der Waals surface area contributed by atoms with Crippen LogP contribution in [0.25, 0.3) is 0 Å². The molecule has 1 rings (SSSR count). The minimum atomic E-state index is 0.273. The lowest BCUT2D eigenvalue weighted by molar-refractivity contribution is 0.141. The Kier molecular flexibility index (Phi) is 4.16. The van der Waals surface area contributed by atoms with E-state index in [1.165, 1.54) is 0 Å². The first-order valence-electron chi connectivity index (χ1n) is 4.85. The molecule has 0 aromatic carbocycles. The maximum atomic E-state index is 8.44. The van der Waals surface area contributed by atoms with Gasteiger partial charge in [-0.05, 0) is 11.8 Å². The van der Waals surface area contributed by atoms with Crippen LogP contribution in [0.5, 0.6) is 0 Å². The second-order valence-electron chi connectivity index (χ2n) is 3.98. The number of hydrogen-bond acceptors (Lipinski definition) is 4. The van der Waals surface area contributed by atoms with Crippen molar-refractivity contribution in [2.24, 2.45) is 22.7 Å². The lowest BCUT2D eigenvalue weighted by Gasteiger charge is -2.14. The molecule has 0 saturated carbocycles. The summed E-state index contributed by atoms with van der Waals surface area (Å²) in [6, 6.07) is 0. The van der Waals surface area contributed by atoms with E-state index in [9.17, 15) is 0 Å². The first kappa shape index (κ1) is 11.3. The average Bonchev–Trinajstić information content (AvgIpc) is 2.47. The molecule has 5 nitrogen and oxygen atoms in total. The molecule has 2 atom stereocenters. The van der Waals surface area contributed by atoms with Gasteiger partial charge in [-0.3, -0.25) is 4.90 Å². The van der Waals surface area contributed by atoms with E-state index in [4.69, 9.17) is 15.7 Å². The van der Waals surface area contributed by atoms with E-state index in [1.807, 2.05) is 0 Å². The van der Waals surface area contributed by atoms with Crippen LogP contribution in [0.15, 0.2) is 5.16 Å². The van der Waals surface area contributed by atoms with Crippen molar-refractivity contribution >= 4 is 5.84 Å². The highest BCUT2D eigenvalue weighted by atomic mass is 16.5. The zero-order valence-corrected chi connectivity index (χ0v) is 8.81. The Morgan fingerprint density at radius 2 is 2.36 bits per heavy atom. The van der Waals surface area contributed by atoms with Gasteiger partial charge >= 0.3 is 0 Å². The van der Waals surface area contributed by atoms with Crippen LogP contribution in [0.4, 0.5) is 0 Å². The summed E-state index contributed by atoms with van der Waals surface area (Å²) in [5.41, 5.74) is 5.44. The summed E-state index contributed by atoms with van der Waals surface area (Å²) in [7, 11) is 1.72. The van der Waals surface area contributed by atoms with Crippen LogP contribution in [0.3, 0.4) is 0 Å². The van der Waals surface area contributed by atoms with Crippen molar-refractivity contribution in [2.75, 3.05) is 33.4 Å². The van der Waals surface area contributed by atoms with Crippen molar-refractivity contribution in [3.63, 3.8) is 0 Å². The number of amidine groups is 1. The predicted molar refractivity (Wildman–Crippen MR) is 54.4 cm³/mol. The molecule has 5 heteroatoms. The molecule has 0 aromatic heterocycles. The van der Waals surface area contributed by atoms with E-state index in [1.54, 1.807) is 7.11 Å². The molecule has 1 heterocycles. The summed E-state index contributed by atoms with van der Waals surface area (Å²) in [6.07, 6.45) is 0. The molecule has 0 unspecified atom stereocenters. The van der Waals surface area contributed by atoms with Crippen LogP contribution in [-0.4, -0.2) is 49.3 Å². The number of ether oxygens (including phenoxy) is 1. The molecule has 0 bridgehead atoms. The Morgan fingerprint density at radius 3 is 2.93 bits per heavy atom. The minimum Gasteiger partial charge on any atom is -0.409 e. The van der Waals surface area contributed by atoms with Crippen molar-refractivity contribution in [3.8, 4) is 0 Å². The van der Waals surface area contributed by atoms with E-state index in [0.29, 0.717) is 18.4 Å². The maximum Gasteiger partial charge on any atom is 0.153 e. The van der Waals surface area contributed by atoms with Crippen molar-refractivity contribution in [3.05, 3.63) is 0 Å². The van der Waals surface area contributed by atoms with Crippen molar-refractivity contribution in [2.45, 2.75) is 6.92 Å². The topological polar surface area (TPSA) is 71.1 Å². The fourth-order valence-electron chi connectivity index (χ4n) is 1.96. The molecule has 0 spiro atoms. The number of oxime groups is 1. The predicted octanol–water partition coefficient (Wildman–Crippen LogP) is -0.0529. The van der Waals surface area contributed by atoms with E-state index in [2.05, 4.69) is 17.0 Å². The number of likely N-dealkylation sites (tertiary alicyclic amines) is 1.